The third-order valence-corrected chi connectivity index (χ3v) is 11.2. The summed E-state index contributed by atoms with van der Waals surface area (Å²) < 4.78 is 8.03. The number of rotatable bonds is 10. The molecule has 3 aromatic heterocycles. The minimum atomic E-state index is -1.76. The van der Waals surface area contributed by atoms with Crippen molar-refractivity contribution in [2.24, 2.45) is 5.92 Å². The lowest BCUT2D eigenvalue weighted by Gasteiger charge is -2.35. The van der Waals surface area contributed by atoms with Crippen LogP contribution in [-0.4, -0.2) is 63.0 Å². The van der Waals surface area contributed by atoms with Crippen LogP contribution in [0.5, 0.6) is 0 Å². The Morgan fingerprint density at radius 3 is 2.76 bits per heavy atom. The molecular formula is C31H38N4O4S2. The Kier molecular flexibility index (Phi) is 8.27. The van der Waals surface area contributed by atoms with Crippen LogP contribution in [-0.2, 0) is 32.9 Å². The zero-order chi connectivity index (χ0) is 28.6. The monoisotopic (exact) mass is 594 g/mol. The number of aromatic nitrogens is 3. The third kappa shape index (κ3) is 5.47. The van der Waals surface area contributed by atoms with Gasteiger partial charge in [0.25, 0.3) is 0 Å². The average molecular weight is 595 g/mol. The van der Waals surface area contributed by atoms with Crippen molar-refractivity contribution in [1.82, 2.24) is 19.9 Å². The van der Waals surface area contributed by atoms with Crippen molar-refractivity contribution in [3.05, 3.63) is 61.2 Å². The number of thiophene rings is 2. The van der Waals surface area contributed by atoms with Gasteiger partial charge in [-0.05, 0) is 101 Å². The second-order valence-corrected chi connectivity index (χ2v) is 13.9. The number of hydrogen-bond donors (Lipinski definition) is 1. The Labute approximate surface area is 249 Å². The van der Waals surface area contributed by atoms with Crippen molar-refractivity contribution in [3.8, 4) is 0 Å². The molecule has 3 heterocycles. The summed E-state index contributed by atoms with van der Waals surface area (Å²) in [5.41, 5.74) is 3.01. The van der Waals surface area contributed by atoms with E-state index in [1.54, 1.807) is 6.07 Å². The lowest BCUT2D eigenvalue weighted by Crippen LogP contribution is -2.42. The standard InChI is InChI=1S/C31H38N4O4S2/c1-20-9-14-28(41-20)31(38,27-8-4-17-40-27)30(37)39-23-12-10-22(11-13-23)34(2)15-5-16-35-29-25-7-3-6-24(25)21(19-36)18-26(29)32-33-35/h4,8-9,14,17,19,21-23,38H,3,5-7,10-13,15-16,18H2,1-2H3/t21?,22-,23-,31-/m1/s1. The first kappa shape index (κ1) is 28.5. The Balaban J connectivity index is 1.01. The van der Waals surface area contributed by atoms with E-state index in [1.165, 1.54) is 39.5 Å². The predicted octanol–water partition coefficient (Wildman–Crippen LogP) is 5.13. The van der Waals surface area contributed by atoms with Crippen LogP contribution in [0.2, 0.25) is 0 Å². The highest BCUT2D eigenvalue weighted by Gasteiger charge is 2.45. The fourth-order valence-corrected chi connectivity index (χ4v) is 8.66. The lowest BCUT2D eigenvalue weighted by molar-refractivity contribution is -0.169. The summed E-state index contributed by atoms with van der Waals surface area (Å²) in [5, 5.41) is 22.4. The van der Waals surface area contributed by atoms with E-state index in [9.17, 15) is 14.7 Å². The van der Waals surface area contributed by atoms with Crippen LogP contribution in [0.25, 0.3) is 5.57 Å². The molecule has 8 nitrogen and oxygen atoms in total. The topological polar surface area (TPSA) is 97.6 Å². The fourth-order valence-electron chi connectivity index (χ4n) is 6.81. The van der Waals surface area contributed by atoms with E-state index in [2.05, 4.69) is 26.9 Å². The van der Waals surface area contributed by atoms with Gasteiger partial charge >= 0.3 is 5.97 Å². The van der Waals surface area contributed by atoms with Gasteiger partial charge in [0, 0.05) is 29.8 Å². The summed E-state index contributed by atoms with van der Waals surface area (Å²) in [6, 6.07) is 7.84. The zero-order valence-corrected chi connectivity index (χ0v) is 25.4. The number of fused-ring (bicyclic) bond motifs is 2. The number of carbonyl (C=O) groups is 2. The molecule has 0 aliphatic heterocycles. The molecule has 0 saturated heterocycles. The Morgan fingerprint density at radius 1 is 1.22 bits per heavy atom. The second-order valence-electron chi connectivity index (χ2n) is 11.7. The summed E-state index contributed by atoms with van der Waals surface area (Å²) in [6.45, 7) is 3.73. The first-order valence-corrected chi connectivity index (χ1v) is 16.4. The smallest absolute Gasteiger partial charge is 0.349 e. The van der Waals surface area contributed by atoms with Gasteiger partial charge in [-0.15, -0.1) is 27.8 Å². The molecule has 3 aromatic rings. The van der Waals surface area contributed by atoms with Crippen molar-refractivity contribution < 1.29 is 19.4 Å². The summed E-state index contributed by atoms with van der Waals surface area (Å²) in [7, 11) is 2.18. The molecule has 2 atom stereocenters. The van der Waals surface area contributed by atoms with Gasteiger partial charge in [0.05, 0.1) is 21.1 Å². The van der Waals surface area contributed by atoms with E-state index < -0.39 is 11.6 Å². The number of carbonyl (C=O) groups excluding carboxylic acids is 2. The van der Waals surface area contributed by atoms with Gasteiger partial charge in [-0.25, -0.2) is 9.48 Å². The summed E-state index contributed by atoms with van der Waals surface area (Å²) in [6.07, 6.45) is 9.17. The Bertz CT molecular complexity index is 1420. The van der Waals surface area contributed by atoms with Gasteiger partial charge < -0.3 is 19.5 Å². The molecule has 3 aliphatic carbocycles. The van der Waals surface area contributed by atoms with Crippen LogP contribution in [0.15, 0.2) is 35.2 Å². The SMILES string of the molecule is Cc1ccc([C@@](O)(C(=O)O[C@H]2CC[C@H](N(C)CCCn3nnc4c3C3=C(CCC3)C(C=O)C4)CC2)c2cccs2)s1. The van der Waals surface area contributed by atoms with Crippen LogP contribution in [0.1, 0.15) is 77.4 Å². The fraction of sp³-hybridized carbons (Fsp3) is 0.548. The zero-order valence-electron chi connectivity index (χ0n) is 23.8. The first-order valence-electron chi connectivity index (χ1n) is 14.7. The summed E-state index contributed by atoms with van der Waals surface area (Å²) in [4.78, 5) is 29.7. The number of aryl methyl sites for hydroxylation is 2. The Morgan fingerprint density at radius 2 is 2.05 bits per heavy atom. The molecule has 3 aliphatic rings. The molecule has 218 valence electrons. The maximum absolute atomic E-state index is 13.4. The molecule has 10 heteroatoms. The number of ether oxygens (including phenoxy) is 1. The van der Waals surface area contributed by atoms with E-state index in [0.29, 0.717) is 22.2 Å². The highest BCUT2D eigenvalue weighted by atomic mass is 32.1. The highest BCUT2D eigenvalue weighted by molar-refractivity contribution is 7.13. The minimum absolute atomic E-state index is 0.0185. The number of nitrogens with zero attached hydrogens (tertiary/aromatic N) is 4. The quantitative estimate of drug-likeness (QED) is 0.257. The largest absolute Gasteiger partial charge is 0.460 e. The van der Waals surface area contributed by atoms with Crippen LogP contribution >= 0.6 is 22.7 Å². The predicted molar refractivity (Wildman–Crippen MR) is 160 cm³/mol. The lowest BCUT2D eigenvalue weighted by atomic mass is 9.85. The van der Waals surface area contributed by atoms with Crippen LogP contribution < -0.4 is 0 Å². The van der Waals surface area contributed by atoms with Gasteiger partial charge in [0.1, 0.15) is 12.4 Å². The maximum atomic E-state index is 13.4. The van der Waals surface area contributed by atoms with Crippen molar-refractivity contribution in [3.63, 3.8) is 0 Å². The second kappa shape index (κ2) is 11.9. The van der Waals surface area contributed by atoms with Gasteiger partial charge in [-0.3, -0.25) is 0 Å². The molecular weight excluding hydrogens is 556 g/mol. The van der Waals surface area contributed by atoms with Crippen molar-refractivity contribution in [2.75, 3.05) is 13.6 Å². The van der Waals surface area contributed by atoms with Gasteiger partial charge in [0.2, 0.25) is 5.60 Å². The molecule has 1 saturated carbocycles. The van der Waals surface area contributed by atoms with E-state index in [0.717, 1.165) is 81.3 Å². The highest BCUT2D eigenvalue weighted by Crippen LogP contribution is 2.43. The van der Waals surface area contributed by atoms with Crippen LogP contribution in [0.4, 0.5) is 0 Å². The maximum Gasteiger partial charge on any atom is 0.349 e. The van der Waals surface area contributed by atoms with E-state index in [-0.39, 0.29) is 12.0 Å². The van der Waals surface area contributed by atoms with Gasteiger partial charge in [-0.2, -0.15) is 0 Å². The van der Waals surface area contributed by atoms with E-state index in [1.807, 2.05) is 30.5 Å². The van der Waals surface area contributed by atoms with Gasteiger partial charge in [-0.1, -0.05) is 16.9 Å². The molecule has 0 radical (unpaired) electrons. The van der Waals surface area contributed by atoms with Crippen molar-refractivity contribution >= 4 is 40.5 Å². The summed E-state index contributed by atoms with van der Waals surface area (Å²) >= 11 is 2.80. The molecule has 41 heavy (non-hydrogen) atoms. The minimum Gasteiger partial charge on any atom is -0.460 e. The molecule has 0 bridgehead atoms. The number of allylic oxidation sites excluding steroid dienone is 2. The molecule has 6 rings (SSSR count). The normalized spacial score (nSPS) is 23.8. The molecule has 0 amide bonds. The Hall–Kier alpha value is -2.66. The van der Waals surface area contributed by atoms with Crippen molar-refractivity contribution in [2.45, 2.75) is 89.0 Å². The molecule has 1 unspecified atom stereocenters. The summed E-state index contributed by atoms with van der Waals surface area (Å²) in [5.74, 6) is -0.593. The van der Waals surface area contributed by atoms with Crippen LogP contribution in [0.3, 0.4) is 0 Å². The molecule has 0 spiro atoms. The van der Waals surface area contributed by atoms with Crippen molar-refractivity contribution in [1.29, 1.82) is 0 Å². The number of aldehydes is 1. The van der Waals surface area contributed by atoms with E-state index >= 15 is 0 Å². The molecule has 1 fully saturated rings. The number of esters is 1. The first-order chi connectivity index (χ1) is 19.9. The average Bonchev–Trinajstić information content (AvgIpc) is 3.79. The number of aliphatic hydroxyl groups is 1. The molecule has 0 aromatic carbocycles. The van der Waals surface area contributed by atoms with Crippen LogP contribution in [0, 0.1) is 12.8 Å². The third-order valence-electron chi connectivity index (χ3n) is 9.07. The number of hydrogen-bond acceptors (Lipinski definition) is 9. The molecule has 1 N–H and O–H groups in total. The van der Waals surface area contributed by atoms with E-state index in [4.69, 9.17) is 4.74 Å². The van der Waals surface area contributed by atoms with Gasteiger partial charge in [0.15, 0.2) is 0 Å².